The lowest BCUT2D eigenvalue weighted by molar-refractivity contribution is -0.119. The van der Waals surface area contributed by atoms with Crippen molar-refractivity contribution in [3.8, 4) is 5.75 Å². The summed E-state index contributed by atoms with van der Waals surface area (Å²) >= 11 is 0. The van der Waals surface area contributed by atoms with E-state index in [4.69, 9.17) is 4.74 Å². The number of carbonyl (C=O) groups is 1. The Hall–Kier alpha value is -2.65. The predicted octanol–water partition coefficient (Wildman–Crippen LogP) is 1.76. The van der Waals surface area contributed by atoms with Crippen LogP contribution in [0.1, 0.15) is 24.8 Å². The summed E-state index contributed by atoms with van der Waals surface area (Å²) in [7, 11) is -3.69. The first kappa shape index (κ1) is 20.6. The Balaban J connectivity index is 1.60. The molecule has 8 nitrogen and oxygen atoms in total. The molecule has 4 rings (SSSR count). The Labute approximate surface area is 175 Å². The Morgan fingerprint density at radius 2 is 1.83 bits per heavy atom. The molecule has 0 atom stereocenters. The molecular weight excluding hydrogens is 406 g/mol. The summed E-state index contributed by atoms with van der Waals surface area (Å²) in [5.41, 5.74) is 1.24. The van der Waals surface area contributed by atoms with Crippen molar-refractivity contribution in [3.05, 3.63) is 52.4 Å². The van der Waals surface area contributed by atoms with Crippen LogP contribution in [0.4, 0.5) is 5.69 Å². The lowest BCUT2D eigenvalue weighted by Gasteiger charge is -2.30. The quantitative estimate of drug-likeness (QED) is 0.736. The van der Waals surface area contributed by atoms with Gasteiger partial charge in [-0.15, -0.1) is 0 Å². The second-order valence-electron chi connectivity index (χ2n) is 7.66. The first-order chi connectivity index (χ1) is 14.4. The van der Waals surface area contributed by atoms with Crippen molar-refractivity contribution in [3.63, 3.8) is 0 Å². The first-order valence-corrected chi connectivity index (χ1v) is 11.5. The maximum absolute atomic E-state index is 13.0. The number of amides is 1. The minimum absolute atomic E-state index is 0.0371. The number of sulfonamides is 1. The zero-order valence-electron chi connectivity index (χ0n) is 16.9. The number of ether oxygens (including phenoxy) is 1. The highest BCUT2D eigenvalue weighted by Crippen LogP contribution is 2.32. The van der Waals surface area contributed by atoms with Crippen LogP contribution in [0, 0.1) is 6.92 Å². The molecule has 30 heavy (non-hydrogen) atoms. The van der Waals surface area contributed by atoms with E-state index in [-0.39, 0.29) is 17.3 Å². The summed E-state index contributed by atoms with van der Waals surface area (Å²) in [5.74, 6) is 0.328. The van der Waals surface area contributed by atoms with Crippen LogP contribution in [0.3, 0.4) is 0 Å². The number of carbonyl (C=O) groups excluding carboxylic acids is 1. The molecule has 0 radical (unpaired) electrons. The van der Waals surface area contributed by atoms with E-state index in [0.29, 0.717) is 37.7 Å². The maximum Gasteiger partial charge on any atom is 0.251 e. The van der Waals surface area contributed by atoms with Gasteiger partial charge >= 0.3 is 0 Å². The van der Waals surface area contributed by atoms with Gasteiger partial charge < -0.3 is 14.2 Å². The number of benzene rings is 1. The van der Waals surface area contributed by atoms with Crippen LogP contribution in [-0.4, -0.2) is 49.4 Å². The van der Waals surface area contributed by atoms with E-state index in [9.17, 15) is 18.0 Å². The number of hydrogen-bond acceptors (Lipinski definition) is 5. The third-order valence-electron chi connectivity index (χ3n) is 5.49. The normalized spacial score (nSPS) is 17.3. The third kappa shape index (κ3) is 3.99. The van der Waals surface area contributed by atoms with E-state index in [0.717, 1.165) is 24.8 Å². The van der Waals surface area contributed by atoms with Crippen LogP contribution in [0.25, 0.3) is 0 Å². The molecule has 1 saturated heterocycles. The molecule has 2 aromatic rings. The Bertz CT molecular complexity index is 1120. The molecule has 1 amide bonds. The fourth-order valence-electron chi connectivity index (χ4n) is 3.86. The van der Waals surface area contributed by atoms with Gasteiger partial charge in [0.25, 0.3) is 5.56 Å². The molecule has 1 fully saturated rings. The summed E-state index contributed by atoms with van der Waals surface area (Å²) in [6, 6.07) is 8.13. The summed E-state index contributed by atoms with van der Waals surface area (Å²) in [6.45, 7) is 3.37. The highest BCUT2D eigenvalue weighted by atomic mass is 32.2. The summed E-state index contributed by atoms with van der Waals surface area (Å²) in [6.07, 6.45) is 3.95. The van der Waals surface area contributed by atoms with Crippen molar-refractivity contribution in [2.24, 2.45) is 0 Å². The number of nitrogens with zero attached hydrogens (tertiary/aromatic N) is 3. The Morgan fingerprint density at radius 1 is 1.07 bits per heavy atom. The fourth-order valence-corrected chi connectivity index (χ4v) is 5.40. The molecule has 0 saturated carbocycles. The molecular formula is C21H25N3O5S. The second kappa shape index (κ2) is 8.23. The van der Waals surface area contributed by atoms with Crippen molar-refractivity contribution in [2.45, 2.75) is 37.6 Å². The smallest absolute Gasteiger partial charge is 0.251 e. The molecule has 9 heteroatoms. The number of anilines is 1. The van der Waals surface area contributed by atoms with Crippen molar-refractivity contribution in [2.75, 3.05) is 31.1 Å². The van der Waals surface area contributed by atoms with Crippen molar-refractivity contribution in [1.29, 1.82) is 0 Å². The predicted molar refractivity (Wildman–Crippen MR) is 112 cm³/mol. The largest absolute Gasteiger partial charge is 0.490 e. The zero-order valence-corrected chi connectivity index (χ0v) is 17.7. The van der Waals surface area contributed by atoms with Gasteiger partial charge in [0.05, 0.1) is 17.1 Å². The molecule has 3 heterocycles. The third-order valence-corrected chi connectivity index (χ3v) is 7.38. The van der Waals surface area contributed by atoms with Crippen LogP contribution in [0.5, 0.6) is 5.75 Å². The van der Waals surface area contributed by atoms with Crippen molar-refractivity contribution >= 4 is 21.6 Å². The van der Waals surface area contributed by atoms with E-state index in [1.165, 1.54) is 27.2 Å². The number of aromatic nitrogens is 1. The summed E-state index contributed by atoms with van der Waals surface area (Å²) in [5, 5.41) is 0. The topological polar surface area (TPSA) is 88.9 Å². The zero-order chi connectivity index (χ0) is 21.3. The molecule has 0 unspecified atom stereocenters. The van der Waals surface area contributed by atoms with Crippen LogP contribution < -0.4 is 15.2 Å². The minimum atomic E-state index is -3.69. The highest BCUT2D eigenvalue weighted by molar-refractivity contribution is 7.89. The number of hydrogen-bond donors (Lipinski definition) is 0. The minimum Gasteiger partial charge on any atom is -0.490 e. The average molecular weight is 432 g/mol. The van der Waals surface area contributed by atoms with E-state index >= 15 is 0 Å². The molecule has 0 aliphatic carbocycles. The van der Waals surface area contributed by atoms with Crippen LogP contribution in [0.15, 0.2) is 46.2 Å². The molecule has 1 aromatic heterocycles. The molecule has 0 N–H and O–H groups in total. The van der Waals surface area contributed by atoms with Gasteiger partial charge in [-0.1, -0.05) is 12.5 Å². The van der Waals surface area contributed by atoms with Gasteiger partial charge in [-0.25, -0.2) is 8.42 Å². The average Bonchev–Trinajstić information content (AvgIpc) is 2.75. The molecule has 2 aliphatic heterocycles. The lowest BCUT2D eigenvalue weighted by atomic mass is 10.1. The van der Waals surface area contributed by atoms with E-state index < -0.39 is 15.6 Å². The van der Waals surface area contributed by atoms with Gasteiger partial charge in [0.15, 0.2) is 0 Å². The lowest BCUT2D eigenvalue weighted by Crippen LogP contribution is -2.41. The summed E-state index contributed by atoms with van der Waals surface area (Å²) in [4.78, 5) is 27.0. The maximum atomic E-state index is 13.0. The van der Waals surface area contributed by atoms with Crippen molar-refractivity contribution < 1.29 is 17.9 Å². The SMILES string of the molecule is Cc1ccc2c(c1)N(C(=O)Cn1cc(S(=O)(=O)N3CCCCC3)ccc1=O)CCO2. The van der Waals surface area contributed by atoms with Gasteiger partial charge in [-0.3, -0.25) is 9.59 Å². The standard InChI is InChI=1S/C21H25N3O5S/c1-16-5-7-19-18(13-16)24(11-12-29-19)21(26)15-22-14-17(6-8-20(22)25)30(27,28)23-9-3-2-4-10-23/h5-8,13-14H,2-4,9-12,15H2,1H3. The van der Waals surface area contributed by atoms with Gasteiger partial charge in [-0.2, -0.15) is 4.31 Å². The molecule has 2 aliphatic rings. The second-order valence-corrected chi connectivity index (χ2v) is 9.60. The van der Waals surface area contributed by atoms with Crippen LogP contribution in [-0.2, 0) is 21.4 Å². The van der Waals surface area contributed by atoms with Crippen molar-refractivity contribution in [1.82, 2.24) is 8.87 Å². The fraction of sp³-hybridized carbons (Fsp3) is 0.429. The molecule has 1 aromatic carbocycles. The van der Waals surface area contributed by atoms with Gasteiger partial charge in [0.1, 0.15) is 18.9 Å². The van der Waals surface area contributed by atoms with Crippen LogP contribution >= 0.6 is 0 Å². The Morgan fingerprint density at radius 3 is 2.60 bits per heavy atom. The van der Waals surface area contributed by atoms with Gasteiger partial charge in [0, 0.05) is 25.4 Å². The Kier molecular flexibility index (Phi) is 5.66. The summed E-state index contributed by atoms with van der Waals surface area (Å²) < 4.78 is 34.1. The van der Waals surface area contributed by atoms with E-state index in [1.54, 1.807) is 4.90 Å². The van der Waals surface area contributed by atoms with Gasteiger partial charge in [0.2, 0.25) is 15.9 Å². The number of piperidine rings is 1. The van der Waals surface area contributed by atoms with Crippen LogP contribution in [0.2, 0.25) is 0 Å². The number of fused-ring (bicyclic) bond motifs is 1. The molecule has 160 valence electrons. The monoisotopic (exact) mass is 431 g/mol. The number of pyridine rings is 1. The molecule has 0 bridgehead atoms. The first-order valence-electron chi connectivity index (χ1n) is 10.1. The van der Waals surface area contributed by atoms with E-state index in [2.05, 4.69) is 0 Å². The number of rotatable bonds is 4. The molecule has 0 spiro atoms. The van der Waals surface area contributed by atoms with Gasteiger partial charge in [-0.05, 0) is 43.5 Å². The number of aryl methyl sites for hydroxylation is 1. The van der Waals surface area contributed by atoms with E-state index in [1.807, 2.05) is 25.1 Å². The highest BCUT2D eigenvalue weighted by Gasteiger charge is 2.28.